The third kappa shape index (κ3) is 14.8. The number of Topliss-reactive ketones (excluding diaryl/α,β-unsaturated/α-hetero) is 1. The molecule has 2 aliphatic heterocycles. The number of carbonyl (C=O) groups is 7. The molecule has 0 bridgehead atoms. The van der Waals surface area contributed by atoms with Crippen LogP contribution in [0.4, 0.5) is 0 Å². The van der Waals surface area contributed by atoms with Crippen molar-refractivity contribution >= 4 is 53.0 Å². The highest BCUT2D eigenvalue weighted by atomic mass is 32.2. The van der Waals surface area contributed by atoms with E-state index in [4.69, 9.17) is 0 Å². The van der Waals surface area contributed by atoms with Crippen molar-refractivity contribution in [2.75, 3.05) is 24.6 Å². The summed E-state index contributed by atoms with van der Waals surface area (Å²) in [6, 6.07) is -4.40. The summed E-state index contributed by atoms with van der Waals surface area (Å²) in [5.41, 5.74) is 0. The van der Waals surface area contributed by atoms with Crippen LogP contribution in [0.1, 0.15) is 119 Å². The lowest BCUT2D eigenvalue weighted by Crippen LogP contribution is -2.59. The molecule has 0 spiro atoms. The van der Waals surface area contributed by atoms with E-state index in [1.165, 1.54) is 31.1 Å². The summed E-state index contributed by atoms with van der Waals surface area (Å²) < 4.78 is 0. The highest BCUT2D eigenvalue weighted by Crippen LogP contribution is 2.20. The van der Waals surface area contributed by atoms with Crippen molar-refractivity contribution in [1.82, 2.24) is 31.5 Å². The van der Waals surface area contributed by atoms with Gasteiger partial charge in [0.2, 0.25) is 35.4 Å². The predicted molar refractivity (Wildman–Crippen MR) is 200 cm³/mol. The molecule has 14 heteroatoms. The Bertz CT molecular complexity index is 1200. The lowest BCUT2D eigenvalue weighted by atomic mass is 9.97. The summed E-state index contributed by atoms with van der Waals surface area (Å²) in [5, 5.41) is 13.8. The van der Waals surface area contributed by atoms with Gasteiger partial charge in [-0.15, -0.1) is 0 Å². The van der Waals surface area contributed by atoms with E-state index in [-0.39, 0.29) is 23.5 Å². The summed E-state index contributed by atoms with van der Waals surface area (Å²) in [4.78, 5) is 93.4. The first kappa shape index (κ1) is 44.0. The molecule has 6 amide bonds. The lowest BCUT2D eigenvalue weighted by Gasteiger charge is -2.30. The number of carbonyl (C=O) groups excluding carboxylic acids is 7. The smallest absolute Gasteiger partial charge is 0.245 e. The summed E-state index contributed by atoms with van der Waals surface area (Å²) in [5.74, 6) is -2.82. The first-order valence-electron chi connectivity index (χ1n) is 19.1. The van der Waals surface area contributed by atoms with Gasteiger partial charge >= 0.3 is 0 Å². The Labute approximate surface area is 309 Å². The van der Waals surface area contributed by atoms with Gasteiger partial charge in [-0.3, -0.25) is 33.6 Å². The van der Waals surface area contributed by atoms with E-state index in [2.05, 4.69) is 33.5 Å². The largest absolute Gasteiger partial charge is 0.353 e. The minimum Gasteiger partial charge on any atom is -0.353 e. The van der Waals surface area contributed by atoms with E-state index >= 15 is 0 Å². The minimum atomic E-state index is -0.996. The maximum absolute atomic E-state index is 13.6. The Morgan fingerprint density at radius 2 is 1.53 bits per heavy atom. The van der Waals surface area contributed by atoms with E-state index in [0.29, 0.717) is 44.5 Å². The highest BCUT2D eigenvalue weighted by Gasteiger charge is 2.39. The summed E-state index contributed by atoms with van der Waals surface area (Å²) in [7, 11) is 0. The Morgan fingerprint density at radius 3 is 2.18 bits per heavy atom. The number of hydrogen-bond donors (Lipinski definition) is 5. The molecule has 2 aliphatic rings. The van der Waals surface area contributed by atoms with Crippen LogP contribution in [-0.4, -0.2) is 101 Å². The maximum atomic E-state index is 13.6. The molecule has 0 aromatic heterocycles. The molecule has 51 heavy (non-hydrogen) atoms. The number of rotatable bonds is 21. The van der Waals surface area contributed by atoms with Crippen LogP contribution < -0.4 is 26.6 Å². The van der Waals surface area contributed by atoms with Gasteiger partial charge in [-0.25, -0.2) is 0 Å². The molecular weight excluding hydrogens is 673 g/mol. The third-order valence-corrected chi connectivity index (χ3v) is 10.6. The molecule has 0 radical (unpaired) electrons. The van der Waals surface area contributed by atoms with E-state index in [1.807, 2.05) is 13.8 Å². The van der Waals surface area contributed by atoms with Crippen LogP contribution in [0.2, 0.25) is 0 Å². The van der Waals surface area contributed by atoms with Crippen LogP contribution in [0.25, 0.3) is 0 Å². The Hall–Kier alpha value is -3.16. The number of nitrogens with one attached hydrogen (secondary N) is 5. The van der Waals surface area contributed by atoms with Gasteiger partial charge in [-0.2, -0.15) is 11.8 Å². The quantitative estimate of drug-likeness (QED) is 0.0881. The molecule has 0 aliphatic carbocycles. The van der Waals surface area contributed by atoms with E-state index in [0.717, 1.165) is 31.4 Å². The molecule has 2 fully saturated rings. The van der Waals surface area contributed by atoms with Crippen molar-refractivity contribution in [2.24, 2.45) is 17.8 Å². The molecule has 0 aromatic carbocycles. The molecule has 2 rings (SSSR count). The molecule has 290 valence electrons. The van der Waals surface area contributed by atoms with Crippen LogP contribution in [0.5, 0.6) is 0 Å². The molecule has 2 saturated heterocycles. The molecule has 0 aromatic rings. The number of amides is 6. The number of ketones is 1. The van der Waals surface area contributed by atoms with Crippen molar-refractivity contribution in [2.45, 2.75) is 149 Å². The van der Waals surface area contributed by atoms with Gasteiger partial charge in [0.15, 0.2) is 0 Å². The first-order chi connectivity index (χ1) is 24.2. The minimum absolute atomic E-state index is 0.0410. The SMILES string of the molecule is CCCCCCCCCC(=O)[C@@H](C)C(=O)N[C@@H](CC(C)C)C(=O)N[C@H](C)C(=O)N1CCC[C@H]1C(=O)N[C@H](C(=O)N[C@H]1CSCCNC1=O)C(C)C. The van der Waals surface area contributed by atoms with Gasteiger partial charge in [0, 0.05) is 31.0 Å². The molecule has 0 saturated carbocycles. The van der Waals surface area contributed by atoms with E-state index in [9.17, 15) is 33.6 Å². The van der Waals surface area contributed by atoms with Crippen LogP contribution >= 0.6 is 11.8 Å². The summed E-state index contributed by atoms with van der Waals surface area (Å²) in [6.45, 7) is 13.5. The standard InChI is InChI=1S/C37H64N6O7S/c1-8-9-10-11-12-13-14-17-30(44)25(6)32(45)40-27(21-23(2)3)34(47)39-26(7)37(50)43-19-15-16-29(43)35(48)42-31(24(4)5)36(49)41-28-22-51-20-18-38-33(28)46/h23-29,31H,8-22H2,1-7H3,(H,38,46)(H,39,47)(H,40,45)(H,41,49)(H,42,48)/t25-,26-,27+,28+,29+,31+/m1/s1. The van der Waals surface area contributed by atoms with Crippen molar-refractivity contribution < 1.29 is 33.6 Å². The zero-order valence-corrected chi connectivity index (χ0v) is 32.8. The zero-order chi connectivity index (χ0) is 38.1. The van der Waals surface area contributed by atoms with Gasteiger partial charge in [-0.1, -0.05) is 73.1 Å². The number of hydrogen-bond acceptors (Lipinski definition) is 8. The number of nitrogens with zero attached hydrogens (tertiary/aromatic N) is 1. The highest BCUT2D eigenvalue weighted by molar-refractivity contribution is 7.99. The molecule has 6 atom stereocenters. The van der Waals surface area contributed by atoms with Gasteiger partial charge in [0.1, 0.15) is 36.0 Å². The summed E-state index contributed by atoms with van der Waals surface area (Å²) in [6.07, 6.45) is 9.08. The zero-order valence-electron chi connectivity index (χ0n) is 31.9. The number of thioether (sulfide) groups is 1. The van der Waals surface area contributed by atoms with Gasteiger partial charge in [0.25, 0.3) is 0 Å². The average Bonchev–Trinajstić information content (AvgIpc) is 3.49. The fraction of sp³-hybridized carbons (Fsp3) is 0.811. The van der Waals surface area contributed by atoms with Crippen molar-refractivity contribution in [1.29, 1.82) is 0 Å². The molecule has 13 nitrogen and oxygen atoms in total. The number of unbranched alkanes of at least 4 members (excludes halogenated alkanes) is 6. The number of likely N-dealkylation sites (tertiary alicyclic amines) is 1. The second-order valence-electron chi connectivity index (χ2n) is 14.8. The molecular formula is C37H64N6O7S. The Kier molecular flexibility index (Phi) is 19.6. The van der Waals surface area contributed by atoms with E-state index < -0.39 is 65.7 Å². The molecule has 0 unspecified atom stereocenters. The Morgan fingerprint density at radius 1 is 0.863 bits per heavy atom. The molecule has 2 heterocycles. The van der Waals surface area contributed by atoms with E-state index in [1.54, 1.807) is 32.5 Å². The van der Waals surface area contributed by atoms with Gasteiger partial charge < -0.3 is 31.5 Å². The fourth-order valence-electron chi connectivity index (χ4n) is 6.35. The van der Waals surface area contributed by atoms with Gasteiger partial charge in [0.05, 0.1) is 5.92 Å². The topological polar surface area (TPSA) is 183 Å². The van der Waals surface area contributed by atoms with Crippen molar-refractivity contribution in [3.63, 3.8) is 0 Å². The van der Waals surface area contributed by atoms with Crippen molar-refractivity contribution in [3.05, 3.63) is 0 Å². The molecule has 5 N–H and O–H groups in total. The normalized spacial score (nSPS) is 20.1. The first-order valence-corrected chi connectivity index (χ1v) is 20.2. The van der Waals surface area contributed by atoms with Crippen molar-refractivity contribution in [3.8, 4) is 0 Å². The average molecular weight is 737 g/mol. The van der Waals surface area contributed by atoms with Crippen LogP contribution in [0, 0.1) is 17.8 Å². The fourth-order valence-corrected chi connectivity index (χ4v) is 7.23. The monoisotopic (exact) mass is 736 g/mol. The third-order valence-electron chi connectivity index (χ3n) is 9.52. The predicted octanol–water partition coefficient (Wildman–Crippen LogP) is 2.85. The van der Waals surface area contributed by atoms with Gasteiger partial charge in [-0.05, 0) is 51.4 Å². The van der Waals surface area contributed by atoms with Crippen LogP contribution in [0.3, 0.4) is 0 Å². The second-order valence-corrected chi connectivity index (χ2v) is 16.0. The van der Waals surface area contributed by atoms with Crippen LogP contribution in [-0.2, 0) is 33.6 Å². The summed E-state index contributed by atoms with van der Waals surface area (Å²) >= 11 is 1.56. The second kappa shape index (κ2) is 22.7. The Balaban J connectivity index is 1.98. The van der Waals surface area contributed by atoms with Crippen LogP contribution in [0.15, 0.2) is 0 Å². The lowest BCUT2D eigenvalue weighted by molar-refractivity contribution is -0.142. The maximum Gasteiger partial charge on any atom is 0.245 e.